The van der Waals surface area contributed by atoms with E-state index >= 15 is 0 Å². The van der Waals surface area contributed by atoms with Crippen LogP contribution < -0.4 is 0 Å². The van der Waals surface area contributed by atoms with Crippen molar-refractivity contribution in [3.8, 4) is 0 Å². The van der Waals surface area contributed by atoms with E-state index in [2.05, 4.69) is 27.0 Å². The Morgan fingerprint density at radius 1 is 1.39 bits per heavy atom. The Balaban J connectivity index is 2.30. The Kier molecular flexibility index (Phi) is 8.21. The molecule has 5 nitrogen and oxygen atoms in total. The van der Waals surface area contributed by atoms with E-state index in [-0.39, 0.29) is 11.7 Å². The highest BCUT2D eigenvalue weighted by atomic mass is 16.5. The molecule has 5 atom stereocenters. The molecule has 0 bridgehead atoms. The monoisotopic (exact) mass is 428 g/mol. The molecule has 0 heterocycles. The van der Waals surface area contributed by atoms with Crippen LogP contribution in [-0.2, 0) is 19.1 Å². The highest BCUT2D eigenvalue weighted by molar-refractivity contribution is 5.97. The summed E-state index contributed by atoms with van der Waals surface area (Å²) in [5.74, 6) is -2.30. The van der Waals surface area contributed by atoms with Gasteiger partial charge in [0.05, 0.1) is 5.92 Å². The minimum absolute atomic E-state index is 0.134. The van der Waals surface area contributed by atoms with Gasteiger partial charge >= 0.3 is 11.9 Å². The Hall–Kier alpha value is -2.43. The van der Waals surface area contributed by atoms with E-state index in [0.29, 0.717) is 36.0 Å². The molecule has 1 N–H and O–H groups in total. The van der Waals surface area contributed by atoms with Crippen LogP contribution in [0.15, 0.2) is 48.1 Å². The summed E-state index contributed by atoms with van der Waals surface area (Å²) >= 11 is 0. The fraction of sp³-hybridized carbons (Fsp3) is 0.577. The minimum atomic E-state index is -0.892. The number of unbranched alkanes of at least 4 members (excludes halogenated alkanes) is 1. The lowest BCUT2D eigenvalue weighted by molar-refractivity contribution is -0.152. The second-order valence-electron chi connectivity index (χ2n) is 9.29. The summed E-state index contributed by atoms with van der Waals surface area (Å²) in [6.45, 7) is 15.4. The van der Waals surface area contributed by atoms with Gasteiger partial charge in [-0.05, 0) is 55.7 Å². The van der Waals surface area contributed by atoms with Gasteiger partial charge in [0.2, 0.25) is 0 Å². The lowest BCUT2D eigenvalue weighted by Crippen LogP contribution is -2.49. The van der Waals surface area contributed by atoms with E-state index in [0.717, 1.165) is 19.3 Å². The Bertz CT molecular complexity index is 818. The largest absolute Gasteiger partial charge is 0.481 e. The van der Waals surface area contributed by atoms with Crippen LogP contribution in [0.5, 0.6) is 0 Å². The minimum Gasteiger partial charge on any atom is -0.481 e. The molecule has 0 aromatic carbocycles. The number of rotatable bonds is 9. The molecule has 0 aromatic heterocycles. The van der Waals surface area contributed by atoms with Crippen LogP contribution >= 0.6 is 0 Å². The zero-order valence-electron chi connectivity index (χ0n) is 19.3. The Morgan fingerprint density at radius 3 is 2.65 bits per heavy atom. The van der Waals surface area contributed by atoms with Gasteiger partial charge in [0, 0.05) is 16.9 Å². The number of fused-ring (bicyclic) bond motifs is 1. The number of esters is 1. The third-order valence-corrected chi connectivity index (χ3v) is 6.89. The molecule has 1 unspecified atom stereocenters. The first-order chi connectivity index (χ1) is 14.5. The third-order valence-electron chi connectivity index (χ3n) is 6.89. The first-order valence-electron chi connectivity index (χ1n) is 11.2. The van der Waals surface area contributed by atoms with Crippen molar-refractivity contribution >= 4 is 17.7 Å². The first kappa shape index (κ1) is 24.8. The molecule has 1 fully saturated rings. The molecule has 1 saturated carbocycles. The van der Waals surface area contributed by atoms with E-state index < -0.39 is 35.3 Å². The Labute approximate surface area is 185 Å². The van der Waals surface area contributed by atoms with Crippen LogP contribution in [0.3, 0.4) is 0 Å². The smallest absolute Gasteiger partial charge is 0.333 e. The molecule has 0 aromatic rings. The number of carbonyl (C=O) groups is 3. The molecule has 2 rings (SSSR count). The zero-order valence-corrected chi connectivity index (χ0v) is 19.3. The molecule has 0 saturated heterocycles. The van der Waals surface area contributed by atoms with Gasteiger partial charge in [-0.2, -0.15) is 0 Å². The molecular weight excluding hydrogens is 392 g/mol. The molecule has 0 radical (unpaired) electrons. The van der Waals surface area contributed by atoms with E-state index in [1.165, 1.54) is 6.08 Å². The van der Waals surface area contributed by atoms with Crippen LogP contribution in [0.4, 0.5) is 0 Å². The van der Waals surface area contributed by atoms with Crippen molar-refractivity contribution in [2.24, 2.45) is 23.2 Å². The number of carboxylic acid groups (broad SMARTS) is 1. The maximum atomic E-state index is 12.8. The number of carbonyl (C=O) groups excluding carboxylic acids is 2. The van der Waals surface area contributed by atoms with Crippen molar-refractivity contribution in [3.63, 3.8) is 0 Å². The molecule has 2 aliphatic carbocycles. The fourth-order valence-electron chi connectivity index (χ4n) is 4.96. The molecular formula is C26H36O5. The summed E-state index contributed by atoms with van der Waals surface area (Å²) in [4.78, 5) is 37.6. The number of ether oxygens (including phenoxy) is 1. The lowest BCUT2D eigenvalue weighted by atomic mass is 9.56. The maximum Gasteiger partial charge on any atom is 0.333 e. The molecule has 0 spiro atoms. The third kappa shape index (κ3) is 5.44. The maximum absolute atomic E-state index is 12.8. The van der Waals surface area contributed by atoms with Gasteiger partial charge in [-0.3, -0.25) is 9.59 Å². The molecule has 170 valence electrons. The van der Waals surface area contributed by atoms with Gasteiger partial charge in [0.15, 0.2) is 5.78 Å². The topological polar surface area (TPSA) is 80.7 Å². The number of hydrogen-bond acceptors (Lipinski definition) is 4. The molecule has 5 heteroatoms. The molecule has 0 amide bonds. The summed E-state index contributed by atoms with van der Waals surface area (Å²) in [5.41, 5.74) is 0.964. The van der Waals surface area contributed by atoms with E-state index in [9.17, 15) is 19.5 Å². The Morgan fingerprint density at radius 2 is 2.06 bits per heavy atom. The summed E-state index contributed by atoms with van der Waals surface area (Å²) in [6.07, 6.45) is 8.72. The first-order valence-corrected chi connectivity index (χ1v) is 11.2. The SMILES string of the molecule is C=CC(=C)[C@@H]1C[C@@]2(C)C(=CC1=O)[C@H](OC(=O)/C(C)=C/C(C)CCCC)CC[C@@H]2C(=O)O. The van der Waals surface area contributed by atoms with Gasteiger partial charge in [0.1, 0.15) is 6.10 Å². The standard InChI is InChI=1S/C26H36O5/c1-7-9-10-16(3)13-18(5)25(30)31-23-12-11-20(24(28)29)26(6)15-19(17(4)8-2)22(27)14-21(23)26/h8,13-14,16,19-20,23H,2,4,7,9-12,15H2,1,3,5-6H3,(H,28,29)/b18-13+/t16?,19-,20+,23+,26+/m0/s1. The number of allylic oxidation sites excluding steroid dienone is 4. The van der Waals surface area contributed by atoms with Gasteiger partial charge in [0.25, 0.3) is 0 Å². The summed E-state index contributed by atoms with van der Waals surface area (Å²) in [6, 6.07) is 0. The molecule has 2 aliphatic rings. The van der Waals surface area contributed by atoms with Crippen LogP contribution in [0, 0.1) is 23.2 Å². The van der Waals surface area contributed by atoms with Crippen molar-refractivity contribution in [1.29, 1.82) is 0 Å². The normalized spacial score (nSPS) is 29.4. The quantitative estimate of drug-likeness (QED) is 0.301. The highest BCUT2D eigenvalue weighted by Crippen LogP contribution is 2.53. The molecule has 0 aliphatic heterocycles. The van der Waals surface area contributed by atoms with Crippen LogP contribution in [0.25, 0.3) is 0 Å². The van der Waals surface area contributed by atoms with E-state index in [1.807, 2.05) is 13.0 Å². The second kappa shape index (κ2) is 10.3. The van der Waals surface area contributed by atoms with Crippen LogP contribution in [-0.4, -0.2) is 28.9 Å². The van der Waals surface area contributed by atoms with Crippen LogP contribution in [0.2, 0.25) is 0 Å². The van der Waals surface area contributed by atoms with Crippen molar-refractivity contribution in [1.82, 2.24) is 0 Å². The average molecular weight is 429 g/mol. The van der Waals surface area contributed by atoms with Gasteiger partial charge in [-0.15, -0.1) is 0 Å². The average Bonchev–Trinajstić information content (AvgIpc) is 2.71. The van der Waals surface area contributed by atoms with Crippen molar-refractivity contribution in [3.05, 3.63) is 48.1 Å². The van der Waals surface area contributed by atoms with Gasteiger partial charge in [-0.25, -0.2) is 4.79 Å². The van der Waals surface area contributed by atoms with Gasteiger partial charge < -0.3 is 9.84 Å². The lowest BCUT2D eigenvalue weighted by Gasteiger charge is -2.48. The van der Waals surface area contributed by atoms with Crippen molar-refractivity contribution in [2.45, 2.75) is 72.3 Å². The number of carboxylic acids is 1. The number of aliphatic carboxylic acids is 1. The van der Waals surface area contributed by atoms with E-state index in [1.54, 1.807) is 13.0 Å². The molecule has 31 heavy (non-hydrogen) atoms. The number of ketones is 1. The fourth-order valence-corrected chi connectivity index (χ4v) is 4.96. The summed E-state index contributed by atoms with van der Waals surface area (Å²) < 4.78 is 5.83. The second-order valence-corrected chi connectivity index (χ2v) is 9.29. The van der Waals surface area contributed by atoms with Crippen LogP contribution in [0.1, 0.15) is 66.2 Å². The zero-order chi connectivity index (χ0) is 23.3. The predicted molar refractivity (Wildman–Crippen MR) is 121 cm³/mol. The van der Waals surface area contributed by atoms with E-state index in [4.69, 9.17) is 4.74 Å². The highest BCUT2D eigenvalue weighted by Gasteiger charge is 2.53. The van der Waals surface area contributed by atoms with Crippen molar-refractivity contribution < 1.29 is 24.2 Å². The number of hydrogen-bond donors (Lipinski definition) is 1. The van der Waals surface area contributed by atoms with Gasteiger partial charge in [-0.1, -0.05) is 58.9 Å². The predicted octanol–water partition coefficient (Wildman–Crippen LogP) is 5.43. The van der Waals surface area contributed by atoms with Crippen molar-refractivity contribution in [2.75, 3.05) is 0 Å². The summed E-state index contributed by atoms with van der Waals surface area (Å²) in [7, 11) is 0. The summed E-state index contributed by atoms with van der Waals surface area (Å²) in [5, 5.41) is 9.85.